The van der Waals surface area contributed by atoms with Crippen LogP contribution in [0.5, 0.6) is 0 Å². The van der Waals surface area contributed by atoms with Crippen molar-refractivity contribution in [1.82, 2.24) is 5.43 Å². The molecule has 2 aromatic rings. The third kappa shape index (κ3) is 4.07. The maximum absolute atomic E-state index is 12.9. The van der Waals surface area contributed by atoms with Gasteiger partial charge in [0.15, 0.2) is 0 Å². The summed E-state index contributed by atoms with van der Waals surface area (Å²) in [5.41, 5.74) is 3.34. The zero-order valence-electron chi connectivity index (χ0n) is 10.5. The van der Waals surface area contributed by atoms with Gasteiger partial charge in [-0.25, -0.2) is 9.82 Å². The summed E-state index contributed by atoms with van der Waals surface area (Å²) < 4.78 is 12.9. The highest BCUT2D eigenvalue weighted by atomic mass is 19.1. The number of hydrogen-bond acceptors (Lipinski definition) is 2. The van der Waals surface area contributed by atoms with Crippen LogP contribution >= 0.6 is 0 Å². The van der Waals surface area contributed by atoms with Crippen LogP contribution in [-0.4, -0.2) is 12.1 Å². The number of nitrogens with one attached hydrogen (secondary N) is 1. The molecule has 0 aromatic heterocycles. The zero-order chi connectivity index (χ0) is 14.2. The lowest BCUT2D eigenvalue weighted by atomic mass is 10.2. The monoisotopic (exact) mass is 266 g/mol. The molecule has 0 fully saturated rings. The third-order valence-corrected chi connectivity index (χ3v) is 2.37. The van der Waals surface area contributed by atoms with Crippen molar-refractivity contribution in [2.24, 2.45) is 5.10 Å². The SMILES string of the molecule is O=C(N/N=C\C#Cc1ccccc1)c1cccc(F)c1. The maximum atomic E-state index is 12.9. The van der Waals surface area contributed by atoms with E-state index in [-0.39, 0.29) is 5.56 Å². The van der Waals surface area contributed by atoms with Crippen LogP contribution < -0.4 is 5.43 Å². The summed E-state index contributed by atoms with van der Waals surface area (Å²) in [6.07, 6.45) is 1.28. The van der Waals surface area contributed by atoms with Crippen molar-refractivity contribution < 1.29 is 9.18 Å². The number of amides is 1. The molecule has 0 heterocycles. The molecule has 98 valence electrons. The molecule has 0 bridgehead atoms. The molecule has 0 unspecified atom stereocenters. The van der Waals surface area contributed by atoms with Gasteiger partial charge in [-0.1, -0.05) is 30.2 Å². The molecule has 0 radical (unpaired) electrons. The van der Waals surface area contributed by atoms with Gasteiger partial charge < -0.3 is 0 Å². The second-order valence-corrected chi connectivity index (χ2v) is 3.84. The average Bonchev–Trinajstić information content (AvgIpc) is 2.48. The van der Waals surface area contributed by atoms with Crippen LogP contribution in [0.3, 0.4) is 0 Å². The predicted molar refractivity (Wildman–Crippen MR) is 75.7 cm³/mol. The Balaban J connectivity index is 1.91. The largest absolute Gasteiger partial charge is 0.271 e. The van der Waals surface area contributed by atoms with Gasteiger partial charge in [-0.3, -0.25) is 4.79 Å². The van der Waals surface area contributed by atoms with Crippen LogP contribution in [0.25, 0.3) is 0 Å². The van der Waals surface area contributed by atoms with Crippen LogP contribution in [0, 0.1) is 17.7 Å². The summed E-state index contributed by atoms with van der Waals surface area (Å²) in [5, 5.41) is 3.67. The van der Waals surface area contributed by atoms with Gasteiger partial charge in [0.05, 0.1) is 6.21 Å². The number of hydrazone groups is 1. The van der Waals surface area contributed by atoms with E-state index in [1.54, 1.807) is 0 Å². The van der Waals surface area contributed by atoms with Crippen molar-refractivity contribution in [3.8, 4) is 11.8 Å². The Bertz CT molecular complexity index is 684. The first kappa shape index (κ1) is 13.5. The molecule has 3 nitrogen and oxygen atoms in total. The minimum Gasteiger partial charge on any atom is -0.267 e. The fraction of sp³-hybridized carbons (Fsp3) is 0. The molecule has 2 aromatic carbocycles. The van der Waals surface area contributed by atoms with E-state index in [0.717, 1.165) is 11.6 Å². The molecule has 20 heavy (non-hydrogen) atoms. The molecule has 1 N–H and O–H groups in total. The summed E-state index contributed by atoms with van der Waals surface area (Å²) in [5.74, 6) is 4.59. The van der Waals surface area contributed by atoms with Gasteiger partial charge in [-0.2, -0.15) is 5.10 Å². The van der Waals surface area contributed by atoms with Gasteiger partial charge in [0.1, 0.15) is 5.82 Å². The van der Waals surface area contributed by atoms with Crippen LogP contribution in [0.4, 0.5) is 4.39 Å². The standard InChI is InChI=1S/C16H11FN2O/c17-15-10-4-9-14(12-15)16(20)19-18-11-5-8-13-6-2-1-3-7-13/h1-4,6-7,9-12H,(H,19,20)/b18-11-. The molecule has 0 spiro atoms. The minimum absolute atomic E-state index is 0.207. The van der Waals surface area contributed by atoms with Crippen molar-refractivity contribution in [2.75, 3.05) is 0 Å². The summed E-state index contributed by atoms with van der Waals surface area (Å²) in [4.78, 5) is 11.6. The number of hydrogen-bond donors (Lipinski definition) is 1. The predicted octanol–water partition coefficient (Wildman–Crippen LogP) is 2.59. The van der Waals surface area contributed by atoms with E-state index < -0.39 is 11.7 Å². The molecule has 1 amide bonds. The molecule has 0 atom stereocenters. The number of nitrogens with zero attached hydrogens (tertiary/aromatic N) is 1. The number of carbonyl (C=O) groups is 1. The number of rotatable bonds is 2. The fourth-order valence-corrected chi connectivity index (χ4v) is 1.45. The Hall–Kier alpha value is -2.93. The number of halogens is 1. The van der Waals surface area contributed by atoms with E-state index in [0.29, 0.717) is 0 Å². The molecule has 0 aliphatic heterocycles. The molecule has 2 rings (SSSR count). The van der Waals surface area contributed by atoms with Crippen molar-refractivity contribution in [3.05, 3.63) is 71.5 Å². The molecule has 0 aliphatic rings. The van der Waals surface area contributed by atoms with Crippen LogP contribution in [0.1, 0.15) is 15.9 Å². The lowest BCUT2D eigenvalue weighted by Gasteiger charge is -1.98. The van der Waals surface area contributed by atoms with Gasteiger partial charge in [0.25, 0.3) is 5.91 Å². The quantitative estimate of drug-likeness (QED) is 0.506. The Labute approximate surface area is 116 Å². The van der Waals surface area contributed by atoms with Crippen LogP contribution in [0.2, 0.25) is 0 Å². The highest BCUT2D eigenvalue weighted by Gasteiger charge is 2.03. The molecule has 0 aliphatic carbocycles. The van der Waals surface area contributed by atoms with E-state index in [1.165, 1.54) is 24.4 Å². The van der Waals surface area contributed by atoms with E-state index in [1.807, 2.05) is 30.3 Å². The van der Waals surface area contributed by atoms with Crippen LogP contribution in [-0.2, 0) is 0 Å². The van der Waals surface area contributed by atoms with Gasteiger partial charge in [0, 0.05) is 11.1 Å². The number of benzene rings is 2. The zero-order valence-corrected chi connectivity index (χ0v) is 10.5. The Morgan fingerprint density at radius 2 is 1.95 bits per heavy atom. The normalized spacial score (nSPS) is 9.85. The Morgan fingerprint density at radius 3 is 2.70 bits per heavy atom. The summed E-state index contributed by atoms with van der Waals surface area (Å²) >= 11 is 0. The third-order valence-electron chi connectivity index (χ3n) is 2.37. The van der Waals surface area contributed by atoms with Crippen molar-refractivity contribution in [3.63, 3.8) is 0 Å². The molecule has 0 saturated carbocycles. The van der Waals surface area contributed by atoms with E-state index in [2.05, 4.69) is 22.4 Å². The van der Waals surface area contributed by atoms with Crippen molar-refractivity contribution >= 4 is 12.1 Å². The van der Waals surface area contributed by atoms with Gasteiger partial charge in [-0.05, 0) is 36.3 Å². The molecular formula is C16H11FN2O. The van der Waals surface area contributed by atoms with Crippen molar-refractivity contribution in [2.45, 2.75) is 0 Å². The highest BCUT2D eigenvalue weighted by molar-refractivity contribution is 5.94. The first-order valence-corrected chi connectivity index (χ1v) is 5.90. The fourth-order valence-electron chi connectivity index (χ4n) is 1.45. The molecule has 4 heteroatoms. The molecular weight excluding hydrogens is 255 g/mol. The summed E-state index contributed by atoms with van der Waals surface area (Å²) in [7, 11) is 0. The second-order valence-electron chi connectivity index (χ2n) is 3.84. The van der Waals surface area contributed by atoms with Gasteiger partial charge >= 0.3 is 0 Å². The summed E-state index contributed by atoms with van der Waals surface area (Å²) in [6.45, 7) is 0. The first-order valence-electron chi connectivity index (χ1n) is 5.90. The summed E-state index contributed by atoms with van der Waals surface area (Å²) in [6, 6.07) is 14.8. The van der Waals surface area contributed by atoms with Gasteiger partial charge in [0.2, 0.25) is 0 Å². The second kappa shape index (κ2) is 6.86. The van der Waals surface area contributed by atoms with Crippen LogP contribution in [0.15, 0.2) is 59.7 Å². The smallest absolute Gasteiger partial charge is 0.267 e. The average molecular weight is 266 g/mol. The van der Waals surface area contributed by atoms with Gasteiger partial charge in [-0.15, -0.1) is 0 Å². The minimum atomic E-state index is -0.484. The lowest BCUT2D eigenvalue weighted by molar-refractivity contribution is 0.0954. The number of carbonyl (C=O) groups excluding carboxylic acids is 1. The Kier molecular flexibility index (Phi) is 4.63. The first-order chi connectivity index (χ1) is 9.75. The van der Waals surface area contributed by atoms with E-state index in [4.69, 9.17) is 0 Å². The topological polar surface area (TPSA) is 41.5 Å². The Morgan fingerprint density at radius 1 is 1.15 bits per heavy atom. The molecule has 0 saturated heterocycles. The van der Waals surface area contributed by atoms with E-state index >= 15 is 0 Å². The maximum Gasteiger partial charge on any atom is 0.271 e. The lowest BCUT2D eigenvalue weighted by Crippen LogP contribution is -2.17. The van der Waals surface area contributed by atoms with E-state index in [9.17, 15) is 9.18 Å². The van der Waals surface area contributed by atoms with Crippen molar-refractivity contribution in [1.29, 1.82) is 0 Å². The highest BCUT2D eigenvalue weighted by Crippen LogP contribution is 2.02.